The number of rotatable bonds is 10. The summed E-state index contributed by atoms with van der Waals surface area (Å²) >= 11 is 0. The zero-order valence-electron chi connectivity index (χ0n) is 18.2. The Kier molecular flexibility index (Phi) is 8.26. The fourth-order valence-electron chi connectivity index (χ4n) is 2.86. The number of hydrogen-bond donors (Lipinski definition) is 0. The molecule has 3 aromatic carbocycles. The number of carbonyl (C=O) groups excluding carboxylic acids is 2. The Hall–Kier alpha value is -3.80. The molecule has 0 spiro atoms. The maximum Gasteiger partial charge on any atom is 0.343 e. The standard InChI is InChI=1S/C26H26O6/c1-3-4-5-18-30-22-14-16-24(17-15-22)32-26(28)20-8-12-23(13-9-20)31-25(27)19-6-10-21(29-2)11-7-19/h6-17H,3-5,18H2,1-2H3. The van der Waals surface area contributed by atoms with Crippen LogP contribution >= 0.6 is 0 Å². The van der Waals surface area contributed by atoms with E-state index in [9.17, 15) is 9.59 Å². The van der Waals surface area contributed by atoms with Crippen molar-refractivity contribution in [1.29, 1.82) is 0 Å². The molecule has 3 rings (SSSR count). The number of ether oxygens (including phenoxy) is 4. The smallest absolute Gasteiger partial charge is 0.343 e. The van der Waals surface area contributed by atoms with Gasteiger partial charge in [-0.3, -0.25) is 0 Å². The molecule has 0 unspecified atom stereocenters. The molecule has 6 heteroatoms. The van der Waals surface area contributed by atoms with Gasteiger partial charge < -0.3 is 18.9 Å². The van der Waals surface area contributed by atoms with Crippen molar-refractivity contribution in [2.75, 3.05) is 13.7 Å². The van der Waals surface area contributed by atoms with Crippen molar-refractivity contribution < 1.29 is 28.5 Å². The van der Waals surface area contributed by atoms with Gasteiger partial charge in [0.1, 0.15) is 23.0 Å². The maximum absolute atomic E-state index is 12.4. The predicted octanol–water partition coefficient (Wildman–Crippen LogP) is 5.70. The van der Waals surface area contributed by atoms with Gasteiger partial charge in [-0.05, 0) is 79.2 Å². The number of unbranched alkanes of at least 4 members (excludes halogenated alkanes) is 2. The Balaban J connectivity index is 1.52. The maximum atomic E-state index is 12.4. The predicted molar refractivity (Wildman–Crippen MR) is 121 cm³/mol. The second kappa shape index (κ2) is 11.6. The van der Waals surface area contributed by atoms with Crippen LogP contribution in [0.5, 0.6) is 23.0 Å². The molecule has 0 N–H and O–H groups in total. The topological polar surface area (TPSA) is 71.1 Å². The first kappa shape index (κ1) is 22.9. The summed E-state index contributed by atoms with van der Waals surface area (Å²) in [6, 6.07) is 19.7. The molecule has 0 radical (unpaired) electrons. The van der Waals surface area contributed by atoms with Crippen LogP contribution in [0, 0.1) is 0 Å². The van der Waals surface area contributed by atoms with Gasteiger partial charge >= 0.3 is 11.9 Å². The van der Waals surface area contributed by atoms with Crippen LogP contribution in [0.3, 0.4) is 0 Å². The molecule has 0 aliphatic rings. The van der Waals surface area contributed by atoms with Crippen molar-refractivity contribution in [3.8, 4) is 23.0 Å². The Bertz CT molecular complexity index is 1010. The third kappa shape index (κ3) is 6.60. The summed E-state index contributed by atoms with van der Waals surface area (Å²) in [5, 5.41) is 0. The first-order chi connectivity index (χ1) is 15.6. The lowest BCUT2D eigenvalue weighted by molar-refractivity contribution is 0.0730. The van der Waals surface area contributed by atoms with E-state index >= 15 is 0 Å². The highest BCUT2D eigenvalue weighted by molar-refractivity contribution is 5.92. The average molecular weight is 434 g/mol. The zero-order valence-corrected chi connectivity index (χ0v) is 18.2. The van der Waals surface area contributed by atoms with Crippen molar-refractivity contribution >= 4 is 11.9 Å². The van der Waals surface area contributed by atoms with E-state index in [0.717, 1.165) is 25.0 Å². The van der Waals surface area contributed by atoms with Crippen molar-refractivity contribution in [1.82, 2.24) is 0 Å². The van der Waals surface area contributed by atoms with Gasteiger partial charge in [0, 0.05) is 0 Å². The summed E-state index contributed by atoms with van der Waals surface area (Å²) < 4.78 is 21.5. The van der Waals surface area contributed by atoms with E-state index in [1.807, 2.05) is 0 Å². The molecule has 0 fully saturated rings. The molecule has 0 saturated carbocycles. The van der Waals surface area contributed by atoms with Crippen LogP contribution in [0.2, 0.25) is 0 Å². The Morgan fingerprint density at radius 3 is 1.53 bits per heavy atom. The number of benzene rings is 3. The summed E-state index contributed by atoms with van der Waals surface area (Å²) in [4.78, 5) is 24.6. The monoisotopic (exact) mass is 434 g/mol. The summed E-state index contributed by atoms with van der Waals surface area (Å²) in [5.74, 6) is 1.13. The highest BCUT2D eigenvalue weighted by Gasteiger charge is 2.12. The second-order valence-electron chi connectivity index (χ2n) is 7.06. The van der Waals surface area contributed by atoms with E-state index in [-0.39, 0.29) is 0 Å². The third-order valence-corrected chi connectivity index (χ3v) is 4.68. The quantitative estimate of drug-likeness (QED) is 0.231. The summed E-state index contributed by atoms with van der Waals surface area (Å²) in [5.41, 5.74) is 0.737. The molecule has 0 heterocycles. The summed E-state index contributed by atoms with van der Waals surface area (Å²) in [6.07, 6.45) is 3.29. The van der Waals surface area contributed by atoms with E-state index in [1.54, 1.807) is 79.9 Å². The van der Waals surface area contributed by atoms with Crippen molar-refractivity contribution in [2.24, 2.45) is 0 Å². The third-order valence-electron chi connectivity index (χ3n) is 4.68. The minimum Gasteiger partial charge on any atom is -0.497 e. The van der Waals surface area contributed by atoms with Gasteiger partial charge in [-0.15, -0.1) is 0 Å². The first-order valence-electron chi connectivity index (χ1n) is 10.5. The van der Waals surface area contributed by atoms with Crippen molar-refractivity contribution in [2.45, 2.75) is 26.2 Å². The van der Waals surface area contributed by atoms with Crippen molar-refractivity contribution in [3.05, 3.63) is 83.9 Å². The first-order valence-corrected chi connectivity index (χ1v) is 10.5. The fraction of sp³-hybridized carbons (Fsp3) is 0.231. The molecule has 0 bridgehead atoms. The highest BCUT2D eigenvalue weighted by atomic mass is 16.5. The van der Waals surface area contributed by atoms with Gasteiger partial charge in [0.2, 0.25) is 0 Å². The normalized spacial score (nSPS) is 10.3. The summed E-state index contributed by atoms with van der Waals surface area (Å²) in [7, 11) is 1.55. The van der Waals surface area contributed by atoms with E-state index in [0.29, 0.717) is 35.0 Å². The van der Waals surface area contributed by atoms with Gasteiger partial charge in [-0.2, -0.15) is 0 Å². The fourth-order valence-corrected chi connectivity index (χ4v) is 2.86. The zero-order chi connectivity index (χ0) is 22.8. The number of esters is 2. The number of carbonyl (C=O) groups is 2. The van der Waals surface area contributed by atoms with Crippen LogP contribution in [-0.4, -0.2) is 25.7 Å². The molecule has 32 heavy (non-hydrogen) atoms. The van der Waals surface area contributed by atoms with Crippen LogP contribution in [0.25, 0.3) is 0 Å². The minimum absolute atomic E-state index is 0.326. The average Bonchev–Trinajstić information content (AvgIpc) is 2.83. The molecule has 3 aromatic rings. The van der Waals surface area contributed by atoms with Crippen LogP contribution in [-0.2, 0) is 0 Å². The lowest BCUT2D eigenvalue weighted by Crippen LogP contribution is -2.10. The van der Waals surface area contributed by atoms with Gasteiger partial charge in [0.15, 0.2) is 0 Å². The number of methoxy groups -OCH3 is 1. The van der Waals surface area contributed by atoms with Gasteiger partial charge in [0.25, 0.3) is 0 Å². The molecular formula is C26H26O6. The Morgan fingerprint density at radius 2 is 1.06 bits per heavy atom. The highest BCUT2D eigenvalue weighted by Crippen LogP contribution is 2.21. The van der Waals surface area contributed by atoms with Gasteiger partial charge in [-0.1, -0.05) is 19.8 Å². The molecule has 0 amide bonds. The van der Waals surface area contributed by atoms with Crippen LogP contribution in [0.1, 0.15) is 46.9 Å². The molecule has 0 saturated heterocycles. The van der Waals surface area contributed by atoms with E-state index < -0.39 is 11.9 Å². The van der Waals surface area contributed by atoms with E-state index in [2.05, 4.69) is 6.92 Å². The van der Waals surface area contributed by atoms with E-state index in [1.165, 1.54) is 0 Å². The Morgan fingerprint density at radius 1 is 0.625 bits per heavy atom. The van der Waals surface area contributed by atoms with Crippen LogP contribution in [0.4, 0.5) is 0 Å². The SMILES string of the molecule is CCCCCOc1ccc(OC(=O)c2ccc(OC(=O)c3ccc(OC)cc3)cc2)cc1. The molecule has 6 nitrogen and oxygen atoms in total. The molecular weight excluding hydrogens is 408 g/mol. The largest absolute Gasteiger partial charge is 0.497 e. The lowest BCUT2D eigenvalue weighted by atomic mass is 10.2. The second-order valence-corrected chi connectivity index (χ2v) is 7.06. The Labute approximate surface area is 187 Å². The van der Waals surface area contributed by atoms with Crippen molar-refractivity contribution in [3.63, 3.8) is 0 Å². The molecule has 0 aliphatic carbocycles. The number of hydrogen-bond acceptors (Lipinski definition) is 6. The van der Waals surface area contributed by atoms with Gasteiger partial charge in [-0.25, -0.2) is 9.59 Å². The molecule has 0 atom stereocenters. The van der Waals surface area contributed by atoms with Gasteiger partial charge in [0.05, 0.1) is 24.8 Å². The minimum atomic E-state index is -0.505. The van der Waals surface area contributed by atoms with Crippen LogP contribution < -0.4 is 18.9 Å². The summed E-state index contributed by atoms with van der Waals surface area (Å²) in [6.45, 7) is 2.81. The molecule has 0 aliphatic heterocycles. The van der Waals surface area contributed by atoms with Crippen LogP contribution in [0.15, 0.2) is 72.8 Å². The van der Waals surface area contributed by atoms with E-state index in [4.69, 9.17) is 18.9 Å². The molecule has 0 aromatic heterocycles. The lowest BCUT2D eigenvalue weighted by Gasteiger charge is -2.08. The molecule has 166 valence electrons.